The Morgan fingerprint density at radius 3 is 2.03 bits per heavy atom. The summed E-state index contributed by atoms with van der Waals surface area (Å²) >= 11 is 0. The van der Waals surface area contributed by atoms with Crippen LogP contribution in [0.3, 0.4) is 0 Å². The number of piperazine rings is 1. The Labute approximate surface area is 179 Å². The quantitative estimate of drug-likeness (QED) is 0.699. The van der Waals surface area contributed by atoms with E-state index >= 15 is 0 Å². The molecule has 1 aromatic carbocycles. The van der Waals surface area contributed by atoms with Gasteiger partial charge >= 0.3 is 0 Å². The van der Waals surface area contributed by atoms with Gasteiger partial charge in [-0.1, -0.05) is 51.0 Å². The molecule has 1 aromatic rings. The first-order chi connectivity index (χ1) is 14.4. The van der Waals surface area contributed by atoms with Gasteiger partial charge in [0.1, 0.15) is 6.54 Å². The molecule has 162 valence electrons. The molecule has 3 amide bonds. The molecule has 2 atom stereocenters. The molecular weight excluding hydrogens is 378 g/mol. The highest BCUT2D eigenvalue weighted by Gasteiger charge is 2.48. The van der Waals surface area contributed by atoms with E-state index in [1.807, 2.05) is 0 Å². The number of rotatable bonds is 5. The minimum absolute atomic E-state index is 0.0820. The third kappa shape index (κ3) is 4.29. The summed E-state index contributed by atoms with van der Waals surface area (Å²) in [5.74, 6) is -0.178. The molecule has 0 aromatic heterocycles. The average Bonchev–Trinajstić information content (AvgIpc) is 3.00. The van der Waals surface area contributed by atoms with Crippen molar-refractivity contribution in [2.75, 3.05) is 32.7 Å². The number of likely N-dealkylation sites (tertiary alicyclic amines) is 1. The van der Waals surface area contributed by atoms with Crippen molar-refractivity contribution in [2.45, 2.75) is 52.0 Å². The van der Waals surface area contributed by atoms with Crippen LogP contribution in [-0.4, -0.2) is 65.1 Å². The molecule has 4 rings (SSSR count). The zero-order chi connectivity index (χ0) is 21.3. The summed E-state index contributed by atoms with van der Waals surface area (Å²) in [5.41, 5.74) is 2.63. The topological polar surface area (TPSA) is 60.9 Å². The van der Waals surface area contributed by atoms with Crippen LogP contribution in [0.2, 0.25) is 0 Å². The van der Waals surface area contributed by atoms with Crippen molar-refractivity contribution in [3.63, 3.8) is 0 Å². The summed E-state index contributed by atoms with van der Waals surface area (Å²) in [7, 11) is 0. The molecule has 30 heavy (non-hydrogen) atoms. The van der Waals surface area contributed by atoms with E-state index in [9.17, 15) is 14.4 Å². The summed E-state index contributed by atoms with van der Waals surface area (Å²) in [5, 5.41) is 0. The monoisotopic (exact) mass is 411 g/mol. The van der Waals surface area contributed by atoms with Gasteiger partial charge in [0.15, 0.2) is 0 Å². The molecule has 1 saturated carbocycles. The SMILES string of the molecule is CC(C)c1ccc(CN2CCN(C(=O)CN3C(=O)C4CCCCC4C3=O)CC2)cc1. The lowest BCUT2D eigenvalue weighted by atomic mass is 9.81. The Morgan fingerprint density at radius 2 is 1.50 bits per heavy atom. The van der Waals surface area contributed by atoms with Crippen LogP contribution in [-0.2, 0) is 20.9 Å². The first-order valence-electron chi connectivity index (χ1n) is 11.4. The zero-order valence-corrected chi connectivity index (χ0v) is 18.2. The summed E-state index contributed by atoms with van der Waals surface area (Å²) in [6, 6.07) is 8.77. The Kier molecular flexibility index (Phi) is 6.23. The number of nitrogens with zero attached hydrogens (tertiary/aromatic N) is 3. The van der Waals surface area contributed by atoms with E-state index in [0.717, 1.165) is 45.3 Å². The minimum Gasteiger partial charge on any atom is -0.339 e. The third-order valence-electron chi connectivity index (χ3n) is 7.00. The molecule has 1 aliphatic carbocycles. The van der Waals surface area contributed by atoms with Crippen molar-refractivity contribution in [3.05, 3.63) is 35.4 Å². The largest absolute Gasteiger partial charge is 0.339 e. The highest BCUT2D eigenvalue weighted by molar-refractivity contribution is 6.07. The van der Waals surface area contributed by atoms with E-state index < -0.39 is 0 Å². The molecule has 2 aliphatic heterocycles. The van der Waals surface area contributed by atoms with Gasteiger partial charge in [-0.2, -0.15) is 0 Å². The van der Waals surface area contributed by atoms with Gasteiger partial charge < -0.3 is 4.90 Å². The number of benzene rings is 1. The van der Waals surface area contributed by atoms with E-state index in [4.69, 9.17) is 0 Å². The van der Waals surface area contributed by atoms with Gasteiger partial charge in [0.25, 0.3) is 0 Å². The van der Waals surface area contributed by atoms with Crippen LogP contribution in [0.15, 0.2) is 24.3 Å². The number of imide groups is 1. The molecule has 0 radical (unpaired) electrons. The molecule has 0 spiro atoms. The first kappa shape index (κ1) is 21.0. The lowest BCUT2D eigenvalue weighted by Gasteiger charge is -2.35. The molecule has 6 nitrogen and oxygen atoms in total. The lowest BCUT2D eigenvalue weighted by molar-refractivity contribution is -0.147. The van der Waals surface area contributed by atoms with Crippen LogP contribution < -0.4 is 0 Å². The molecule has 0 bridgehead atoms. The number of carbonyl (C=O) groups excluding carboxylic acids is 3. The van der Waals surface area contributed by atoms with Crippen molar-refractivity contribution in [2.24, 2.45) is 11.8 Å². The summed E-state index contributed by atoms with van der Waals surface area (Å²) in [6.45, 7) is 8.10. The maximum atomic E-state index is 12.8. The smallest absolute Gasteiger partial charge is 0.242 e. The second-order valence-electron chi connectivity index (χ2n) is 9.31. The van der Waals surface area contributed by atoms with E-state index in [2.05, 4.69) is 43.0 Å². The van der Waals surface area contributed by atoms with Crippen LogP contribution in [0, 0.1) is 11.8 Å². The van der Waals surface area contributed by atoms with Crippen molar-refractivity contribution < 1.29 is 14.4 Å². The zero-order valence-electron chi connectivity index (χ0n) is 18.2. The lowest BCUT2D eigenvalue weighted by Crippen LogP contribution is -2.51. The van der Waals surface area contributed by atoms with Crippen LogP contribution >= 0.6 is 0 Å². The predicted molar refractivity (Wildman–Crippen MR) is 115 cm³/mol. The van der Waals surface area contributed by atoms with E-state index in [1.165, 1.54) is 16.0 Å². The van der Waals surface area contributed by atoms with Crippen molar-refractivity contribution >= 4 is 17.7 Å². The summed E-state index contributed by atoms with van der Waals surface area (Å²) in [6.07, 6.45) is 3.59. The number of carbonyl (C=O) groups is 3. The molecular formula is C24H33N3O3. The Balaban J connectivity index is 1.27. The first-order valence-corrected chi connectivity index (χ1v) is 11.4. The van der Waals surface area contributed by atoms with Gasteiger partial charge in [0.2, 0.25) is 17.7 Å². The number of amides is 3. The molecule has 6 heteroatoms. The van der Waals surface area contributed by atoms with Gasteiger partial charge in [-0.15, -0.1) is 0 Å². The highest BCUT2D eigenvalue weighted by atomic mass is 16.2. The summed E-state index contributed by atoms with van der Waals surface area (Å²) in [4.78, 5) is 43.4. The van der Waals surface area contributed by atoms with E-state index in [-0.39, 0.29) is 36.1 Å². The van der Waals surface area contributed by atoms with Crippen LogP contribution in [0.1, 0.15) is 56.6 Å². The predicted octanol–water partition coefficient (Wildman–Crippen LogP) is 2.63. The van der Waals surface area contributed by atoms with E-state index in [1.54, 1.807) is 4.90 Å². The highest BCUT2D eigenvalue weighted by Crippen LogP contribution is 2.37. The average molecular weight is 412 g/mol. The molecule has 2 heterocycles. The van der Waals surface area contributed by atoms with Crippen molar-refractivity contribution in [1.29, 1.82) is 0 Å². The van der Waals surface area contributed by atoms with Crippen molar-refractivity contribution in [1.82, 2.24) is 14.7 Å². The maximum Gasteiger partial charge on any atom is 0.242 e. The Morgan fingerprint density at radius 1 is 0.933 bits per heavy atom. The van der Waals surface area contributed by atoms with Gasteiger partial charge in [-0.25, -0.2) is 0 Å². The van der Waals surface area contributed by atoms with Gasteiger partial charge in [0, 0.05) is 32.7 Å². The molecule has 0 N–H and O–H groups in total. The molecule has 3 fully saturated rings. The van der Waals surface area contributed by atoms with Gasteiger partial charge in [-0.05, 0) is 29.9 Å². The van der Waals surface area contributed by atoms with Crippen LogP contribution in [0.25, 0.3) is 0 Å². The normalized spacial score (nSPS) is 25.2. The fourth-order valence-electron chi connectivity index (χ4n) is 5.04. The van der Waals surface area contributed by atoms with Crippen LogP contribution in [0.5, 0.6) is 0 Å². The molecule has 3 aliphatic rings. The fraction of sp³-hybridized carbons (Fsp3) is 0.625. The second kappa shape index (κ2) is 8.88. The van der Waals surface area contributed by atoms with E-state index in [0.29, 0.717) is 19.0 Å². The fourth-order valence-corrected chi connectivity index (χ4v) is 5.04. The Hall–Kier alpha value is -2.21. The van der Waals surface area contributed by atoms with Gasteiger partial charge in [0.05, 0.1) is 11.8 Å². The molecule has 2 unspecified atom stereocenters. The van der Waals surface area contributed by atoms with Gasteiger partial charge in [-0.3, -0.25) is 24.2 Å². The minimum atomic E-state index is -0.182. The van der Waals surface area contributed by atoms with Crippen molar-refractivity contribution in [3.8, 4) is 0 Å². The number of fused-ring (bicyclic) bond motifs is 1. The second-order valence-corrected chi connectivity index (χ2v) is 9.31. The number of hydrogen-bond donors (Lipinski definition) is 0. The maximum absolute atomic E-state index is 12.8. The standard InChI is InChI=1S/C24H33N3O3/c1-17(2)19-9-7-18(8-10-19)15-25-11-13-26(14-12-25)22(28)16-27-23(29)20-5-3-4-6-21(20)24(27)30/h7-10,17,20-21H,3-6,11-16H2,1-2H3. The molecule has 2 saturated heterocycles. The Bertz CT molecular complexity index is 772. The number of hydrogen-bond acceptors (Lipinski definition) is 4. The van der Waals surface area contributed by atoms with Crippen LogP contribution in [0.4, 0.5) is 0 Å². The third-order valence-corrected chi connectivity index (χ3v) is 7.00. The summed E-state index contributed by atoms with van der Waals surface area (Å²) < 4.78 is 0.